The Bertz CT molecular complexity index is 810. The molecular weight excluding hydrogens is 266 g/mol. The standard InChI is InChI=1S/C15H13N5O/c1-9-12(8-18-15(9)21)11-3-4-14(13(7-11)19-16)20-6-5-17-10(20)2/h3-7H,8H2,1-2H3/p+1. The van der Waals surface area contributed by atoms with Crippen LogP contribution >= 0.6 is 0 Å². The van der Waals surface area contributed by atoms with Crippen molar-refractivity contribution in [2.75, 3.05) is 6.54 Å². The van der Waals surface area contributed by atoms with Gasteiger partial charge in [0.2, 0.25) is 11.3 Å². The summed E-state index contributed by atoms with van der Waals surface area (Å²) < 4.78 is 1.85. The number of carbonyl (C=O) groups excluding carboxylic acids is 1. The Labute approximate surface area is 121 Å². The second-order valence-corrected chi connectivity index (χ2v) is 4.93. The zero-order chi connectivity index (χ0) is 15.0. The van der Waals surface area contributed by atoms with Crippen LogP contribution in [0.5, 0.6) is 0 Å². The van der Waals surface area contributed by atoms with Gasteiger partial charge in [0.05, 0.1) is 0 Å². The van der Waals surface area contributed by atoms with Crippen LogP contribution in [0.25, 0.3) is 16.2 Å². The molecule has 6 nitrogen and oxygen atoms in total. The van der Waals surface area contributed by atoms with Crippen LogP contribution in [0, 0.1) is 12.3 Å². The number of diazo groups is 1. The van der Waals surface area contributed by atoms with Crippen molar-refractivity contribution < 1.29 is 4.79 Å². The molecule has 3 rings (SSSR count). The van der Waals surface area contributed by atoms with Crippen LogP contribution in [0.2, 0.25) is 0 Å². The molecule has 1 amide bonds. The van der Waals surface area contributed by atoms with E-state index in [4.69, 9.17) is 0 Å². The van der Waals surface area contributed by atoms with Gasteiger partial charge in [0.25, 0.3) is 0 Å². The molecule has 0 unspecified atom stereocenters. The Morgan fingerprint density at radius 3 is 2.76 bits per heavy atom. The third-order valence-electron chi connectivity index (χ3n) is 3.74. The van der Waals surface area contributed by atoms with E-state index < -0.39 is 0 Å². The number of aromatic nitrogens is 2. The SMILES string of the molecule is CC1=C(c2ccc(-n3ccnc3C)c([N+]#N)c2)CNC1=O. The zero-order valence-electron chi connectivity index (χ0n) is 11.8. The van der Waals surface area contributed by atoms with E-state index in [0.29, 0.717) is 17.8 Å². The molecule has 0 saturated heterocycles. The van der Waals surface area contributed by atoms with Gasteiger partial charge in [-0.05, 0) is 31.1 Å². The van der Waals surface area contributed by atoms with E-state index in [9.17, 15) is 10.2 Å². The average molecular weight is 280 g/mol. The highest BCUT2D eigenvalue weighted by molar-refractivity contribution is 6.05. The molecule has 0 saturated carbocycles. The molecule has 6 heteroatoms. The fourth-order valence-electron chi connectivity index (χ4n) is 2.52. The normalized spacial score (nSPS) is 14.2. The maximum absolute atomic E-state index is 11.6. The van der Waals surface area contributed by atoms with Crippen LogP contribution in [-0.4, -0.2) is 22.0 Å². The summed E-state index contributed by atoms with van der Waals surface area (Å²) in [5, 5.41) is 12.1. The highest BCUT2D eigenvalue weighted by Gasteiger charge is 2.23. The third-order valence-corrected chi connectivity index (χ3v) is 3.74. The lowest BCUT2D eigenvalue weighted by molar-refractivity contribution is -0.116. The predicted molar refractivity (Wildman–Crippen MR) is 78.6 cm³/mol. The summed E-state index contributed by atoms with van der Waals surface area (Å²) in [4.78, 5) is 19.1. The number of nitrogens with one attached hydrogen (secondary N) is 1. The van der Waals surface area contributed by atoms with Crippen LogP contribution in [0.15, 0.2) is 36.2 Å². The first-order valence-electron chi connectivity index (χ1n) is 6.59. The number of rotatable bonds is 2. The lowest BCUT2D eigenvalue weighted by Gasteiger charge is -2.05. The summed E-state index contributed by atoms with van der Waals surface area (Å²) in [6.07, 6.45) is 3.50. The van der Waals surface area contributed by atoms with Crippen molar-refractivity contribution in [2.24, 2.45) is 0 Å². The van der Waals surface area contributed by atoms with Crippen molar-refractivity contribution in [1.82, 2.24) is 14.9 Å². The largest absolute Gasteiger partial charge is 0.409 e. The van der Waals surface area contributed by atoms with Crippen molar-refractivity contribution in [2.45, 2.75) is 13.8 Å². The van der Waals surface area contributed by atoms with Crippen molar-refractivity contribution >= 4 is 17.2 Å². The second-order valence-electron chi connectivity index (χ2n) is 4.93. The number of amides is 1. The number of benzene rings is 1. The Morgan fingerprint density at radius 2 is 2.19 bits per heavy atom. The van der Waals surface area contributed by atoms with Gasteiger partial charge in [-0.1, -0.05) is 6.07 Å². The molecule has 2 heterocycles. The van der Waals surface area contributed by atoms with E-state index in [2.05, 4.69) is 15.3 Å². The van der Waals surface area contributed by atoms with E-state index in [-0.39, 0.29) is 5.91 Å². The van der Waals surface area contributed by atoms with Gasteiger partial charge in [-0.25, -0.2) is 4.98 Å². The van der Waals surface area contributed by atoms with Crippen molar-refractivity contribution in [1.29, 1.82) is 5.39 Å². The average Bonchev–Trinajstić information content (AvgIpc) is 3.05. The highest BCUT2D eigenvalue weighted by atomic mass is 16.1. The molecule has 104 valence electrons. The second kappa shape index (κ2) is 4.87. The minimum atomic E-state index is -0.0537. The maximum Gasteiger partial charge on any atom is 0.409 e. The summed E-state index contributed by atoms with van der Waals surface area (Å²) >= 11 is 0. The fraction of sp³-hybridized carbons (Fsp3) is 0.200. The molecule has 2 aromatic rings. The van der Waals surface area contributed by atoms with Gasteiger partial charge in [0.15, 0.2) is 4.98 Å². The smallest absolute Gasteiger partial charge is 0.348 e. The number of carbonyl (C=O) groups is 1. The fourth-order valence-corrected chi connectivity index (χ4v) is 2.52. The van der Waals surface area contributed by atoms with Crippen LogP contribution in [0.1, 0.15) is 18.3 Å². The van der Waals surface area contributed by atoms with Gasteiger partial charge >= 0.3 is 5.69 Å². The molecular formula is C15H14N5O+. The molecule has 0 spiro atoms. The van der Waals surface area contributed by atoms with E-state index >= 15 is 0 Å². The van der Waals surface area contributed by atoms with E-state index in [1.807, 2.05) is 29.8 Å². The topological polar surface area (TPSA) is 75.1 Å². The van der Waals surface area contributed by atoms with Crippen LogP contribution in [0.4, 0.5) is 5.69 Å². The molecule has 0 fully saturated rings. The first-order chi connectivity index (χ1) is 10.1. The number of aryl methyl sites for hydroxylation is 1. The third kappa shape index (κ3) is 2.09. The number of imidazole rings is 1. The molecule has 1 aliphatic rings. The molecule has 0 radical (unpaired) electrons. The summed E-state index contributed by atoms with van der Waals surface area (Å²) in [7, 11) is 0. The van der Waals surface area contributed by atoms with E-state index in [1.54, 1.807) is 19.2 Å². The van der Waals surface area contributed by atoms with Gasteiger partial charge in [0.1, 0.15) is 11.5 Å². The monoisotopic (exact) mass is 280 g/mol. The van der Waals surface area contributed by atoms with Gasteiger partial charge in [-0.3, -0.25) is 9.36 Å². The molecule has 1 N–H and O–H groups in total. The van der Waals surface area contributed by atoms with Crippen LogP contribution in [0.3, 0.4) is 0 Å². The van der Waals surface area contributed by atoms with Gasteiger partial charge < -0.3 is 5.32 Å². The minimum absolute atomic E-state index is 0.0537. The quantitative estimate of drug-likeness (QED) is 0.859. The summed E-state index contributed by atoms with van der Waals surface area (Å²) in [6.45, 7) is 4.17. The zero-order valence-corrected chi connectivity index (χ0v) is 11.8. The molecule has 21 heavy (non-hydrogen) atoms. The van der Waals surface area contributed by atoms with Gasteiger partial charge in [-0.15, -0.1) is 0 Å². The molecule has 1 aromatic heterocycles. The van der Waals surface area contributed by atoms with Crippen molar-refractivity contribution in [3.05, 3.63) is 52.5 Å². The maximum atomic E-state index is 11.6. The van der Waals surface area contributed by atoms with Crippen molar-refractivity contribution in [3.63, 3.8) is 0 Å². The Morgan fingerprint density at radius 1 is 1.38 bits per heavy atom. The van der Waals surface area contributed by atoms with Crippen LogP contribution < -0.4 is 5.32 Å². The first kappa shape index (κ1) is 13.1. The predicted octanol–water partition coefficient (Wildman–Crippen LogP) is 2.57. The Kier molecular flexibility index (Phi) is 3.03. The van der Waals surface area contributed by atoms with E-state index in [0.717, 1.165) is 22.6 Å². The Hall–Kier alpha value is -2.94. The molecule has 0 aliphatic carbocycles. The van der Waals surface area contributed by atoms with Gasteiger partial charge in [-0.2, -0.15) is 0 Å². The molecule has 0 bridgehead atoms. The highest BCUT2D eigenvalue weighted by Crippen LogP contribution is 2.31. The summed E-state index contributed by atoms with van der Waals surface area (Å²) in [5.74, 6) is 0.753. The first-order valence-corrected chi connectivity index (χ1v) is 6.59. The Balaban J connectivity index is 2.12. The molecule has 1 aliphatic heterocycles. The molecule has 0 atom stereocenters. The number of hydrogen-bond donors (Lipinski definition) is 1. The lowest BCUT2D eigenvalue weighted by atomic mass is 10.0. The minimum Gasteiger partial charge on any atom is -0.348 e. The number of nitrogens with zero attached hydrogens (tertiary/aromatic N) is 4. The molecule has 1 aromatic carbocycles. The number of hydrogen-bond acceptors (Lipinski definition) is 3. The summed E-state index contributed by atoms with van der Waals surface area (Å²) in [5.41, 5.74) is 3.68. The van der Waals surface area contributed by atoms with Gasteiger partial charge in [0, 0.05) is 30.6 Å². The van der Waals surface area contributed by atoms with Crippen LogP contribution in [-0.2, 0) is 4.79 Å². The van der Waals surface area contributed by atoms with E-state index in [1.165, 1.54) is 0 Å². The summed E-state index contributed by atoms with van der Waals surface area (Å²) in [6, 6.07) is 5.55. The lowest BCUT2D eigenvalue weighted by Crippen LogP contribution is -2.16. The van der Waals surface area contributed by atoms with Crippen molar-refractivity contribution in [3.8, 4) is 5.69 Å².